The van der Waals surface area contributed by atoms with Gasteiger partial charge < -0.3 is 10.2 Å². The summed E-state index contributed by atoms with van der Waals surface area (Å²) in [5.41, 5.74) is 1.31. The van der Waals surface area contributed by atoms with E-state index < -0.39 is 0 Å². The van der Waals surface area contributed by atoms with Crippen molar-refractivity contribution in [1.29, 1.82) is 0 Å². The van der Waals surface area contributed by atoms with E-state index in [2.05, 4.69) is 39.1 Å². The molecular formula is C17H26N2O2. The number of allylic oxidation sites excluding steroid dienone is 2. The van der Waals surface area contributed by atoms with Gasteiger partial charge in [0.25, 0.3) is 0 Å². The number of likely N-dealkylation sites (tertiary alicyclic amines) is 1. The van der Waals surface area contributed by atoms with Crippen molar-refractivity contribution < 1.29 is 9.59 Å². The maximum absolute atomic E-state index is 12.5. The van der Waals surface area contributed by atoms with E-state index in [1.807, 2.05) is 4.90 Å². The van der Waals surface area contributed by atoms with Gasteiger partial charge in [0, 0.05) is 19.0 Å². The maximum Gasteiger partial charge on any atom is 0.225 e. The molecule has 4 nitrogen and oxygen atoms in total. The highest BCUT2D eigenvalue weighted by Gasteiger charge is 2.60. The zero-order valence-electron chi connectivity index (χ0n) is 13.5. The van der Waals surface area contributed by atoms with Gasteiger partial charge in [-0.25, -0.2) is 0 Å². The number of rotatable bonds is 4. The normalized spacial score (nSPS) is 33.8. The van der Waals surface area contributed by atoms with E-state index in [1.165, 1.54) is 5.57 Å². The first-order valence-corrected chi connectivity index (χ1v) is 8.05. The second-order valence-electron chi connectivity index (χ2n) is 7.76. The van der Waals surface area contributed by atoms with Gasteiger partial charge in [-0.15, -0.1) is 0 Å². The van der Waals surface area contributed by atoms with Crippen LogP contribution in [0.5, 0.6) is 0 Å². The highest BCUT2D eigenvalue weighted by Crippen LogP contribution is 2.59. The van der Waals surface area contributed by atoms with Crippen LogP contribution in [-0.2, 0) is 9.59 Å². The van der Waals surface area contributed by atoms with E-state index >= 15 is 0 Å². The summed E-state index contributed by atoms with van der Waals surface area (Å²) in [6.45, 7) is 9.16. The largest absolute Gasteiger partial charge is 0.351 e. The molecule has 1 N–H and O–H groups in total. The number of carbonyl (C=O) groups excluding carboxylic acids is 2. The molecule has 0 unspecified atom stereocenters. The Balaban J connectivity index is 1.58. The van der Waals surface area contributed by atoms with Crippen LogP contribution in [0.2, 0.25) is 0 Å². The van der Waals surface area contributed by atoms with E-state index in [-0.39, 0.29) is 29.2 Å². The molecule has 4 heteroatoms. The molecular weight excluding hydrogens is 264 g/mol. The molecule has 0 radical (unpaired) electrons. The van der Waals surface area contributed by atoms with Crippen molar-refractivity contribution in [2.75, 3.05) is 6.54 Å². The fourth-order valence-electron chi connectivity index (χ4n) is 3.71. The lowest BCUT2D eigenvalue weighted by molar-refractivity contribution is -0.128. The molecule has 3 aliphatic rings. The number of nitrogens with zero attached hydrogens (tertiary/aromatic N) is 1. The summed E-state index contributed by atoms with van der Waals surface area (Å²) in [6, 6.07) is 0.463. The third-order valence-corrected chi connectivity index (χ3v) is 5.20. The van der Waals surface area contributed by atoms with Gasteiger partial charge >= 0.3 is 0 Å². The smallest absolute Gasteiger partial charge is 0.225 e. The van der Waals surface area contributed by atoms with Crippen molar-refractivity contribution in [3.8, 4) is 0 Å². The molecule has 3 fully saturated rings. The number of carbonyl (C=O) groups is 2. The molecule has 1 aliphatic heterocycles. The third-order valence-electron chi connectivity index (χ3n) is 5.20. The molecule has 0 bridgehead atoms. The Morgan fingerprint density at radius 2 is 2.00 bits per heavy atom. The van der Waals surface area contributed by atoms with Crippen LogP contribution >= 0.6 is 0 Å². The van der Waals surface area contributed by atoms with Crippen LogP contribution in [0.25, 0.3) is 0 Å². The van der Waals surface area contributed by atoms with Crippen LogP contribution in [0.4, 0.5) is 0 Å². The van der Waals surface area contributed by atoms with E-state index in [0.717, 1.165) is 12.8 Å². The van der Waals surface area contributed by atoms with Crippen molar-refractivity contribution in [3.63, 3.8) is 0 Å². The Kier molecular flexibility index (Phi) is 3.38. The zero-order chi connectivity index (χ0) is 15.4. The van der Waals surface area contributed by atoms with Crippen molar-refractivity contribution in [1.82, 2.24) is 10.2 Å². The van der Waals surface area contributed by atoms with Gasteiger partial charge in [-0.2, -0.15) is 0 Å². The monoisotopic (exact) mass is 290 g/mol. The van der Waals surface area contributed by atoms with E-state index in [9.17, 15) is 9.59 Å². The maximum atomic E-state index is 12.5. The molecule has 3 rings (SSSR count). The van der Waals surface area contributed by atoms with Gasteiger partial charge in [0.1, 0.15) is 0 Å². The summed E-state index contributed by atoms with van der Waals surface area (Å²) in [6.07, 6.45) is 4.94. The van der Waals surface area contributed by atoms with Gasteiger partial charge in [0.15, 0.2) is 0 Å². The van der Waals surface area contributed by atoms with Crippen LogP contribution in [0.1, 0.15) is 47.0 Å². The quantitative estimate of drug-likeness (QED) is 0.806. The highest BCUT2D eigenvalue weighted by molar-refractivity contribution is 5.86. The molecule has 1 heterocycles. The minimum absolute atomic E-state index is 0.00866. The van der Waals surface area contributed by atoms with Gasteiger partial charge in [-0.3, -0.25) is 9.59 Å². The van der Waals surface area contributed by atoms with Crippen molar-refractivity contribution in [2.24, 2.45) is 17.3 Å². The Bertz CT molecular complexity index is 501. The van der Waals surface area contributed by atoms with E-state index in [0.29, 0.717) is 24.9 Å². The SMILES string of the molecule is CC(C)=C[C@@H]1[C@H](C(=O)N[C@@H]2CC(=O)N(C3CC3)C2)C1(C)C. The summed E-state index contributed by atoms with van der Waals surface area (Å²) in [7, 11) is 0. The van der Waals surface area contributed by atoms with Crippen molar-refractivity contribution in [2.45, 2.75) is 59.0 Å². The molecule has 2 aliphatic carbocycles. The molecule has 21 heavy (non-hydrogen) atoms. The lowest BCUT2D eigenvalue weighted by Crippen LogP contribution is -2.39. The standard InChI is InChI=1S/C17H26N2O2/c1-10(2)7-13-15(17(13,3)4)16(21)18-11-8-14(20)19(9-11)12-5-6-12/h7,11-13,15H,5-6,8-9H2,1-4H3,(H,18,21)/t11-,13-,15-/m1/s1. The van der Waals surface area contributed by atoms with Crippen molar-refractivity contribution >= 4 is 11.8 Å². The van der Waals surface area contributed by atoms with Crippen LogP contribution in [0, 0.1) is 17.3 Å². The third kappa shape index (κ3) is 2.72. The molecule has 3 atom stereocenters. The first kappa shape index (κ1) is 14.6. The topological polar surface area (TPSA) is 49.4 Å². The van der Waals surface area contributed by atoms with Crippen molar-refractivity contribution in [3.05, 3.63) is 11.6 Å². The summed E-state index contributed by atoms with van der Waals surface area (Å²) < 4.78 is 0. The molecule has 116 valence electrons. The Labute approximate surface area is 127 Å². The van der Waals surface area contributed by atoms with Gasteiger partial charge in [-0.1, -0.05) is 25.5 Å². The minimum Gasteiger partial charge on any atom is -0.351 e. The molecule has 0 aromatic rings. The average Bonchev–Trinajstić information content (AvgIpc) is 3.22. The summed E-state index contributed by atoms with van der Waals surface area (Å²) >= 11 is 0. The Hall–Kier alpha value is -1.32. The lowest BCUT2D eigenvalue weighted by Gasteiger charge is -2.16. The second kappa shape index (κ2) is 4.85. The predicted molar refractivity (Wildman–Crippen MR) is 81.5 cm³/mol. The summed E-state index contributed by atoms with van der Waals surface area (Å²) in [5, 5.41) is 3.11. The molecule has 0 spiro atoms. The molecule has 2 amide bonds. The first-order chi connectivity index (χ1) is 9.80. The predicted octanol–water partition coefficient (Wildman–Crippen LogP) is 2.10. The molecule has 0 aromatic heterocycles. The average molecular weight is 290 g/mol. The highest BCUT2D eigenvalue weighted by atomic mass is 16.2. The number of hydrogen-bond acceptors (Lipinski definition) is 2. The zero-order valence-corrected chi connectivity index (χ0v) is 13.5. The summed E-state index contributed by atoms with van der Waals surface area (Å²) in [5.74, 6) is 0.716. The van der Waals surface area contributed by atoms with E-state index in [4.69, 9.17) is 0 Å². The second-order valence-corrected chi connectivity index (χ2v) is 7.76. The molecule has 1 saturated heterocycles. The van der Waals surface area contributed by atoms with Crippen LogP contribution in [0.15, 0.2) is 11.6 Å². The number of amides is 2. The fourth-order valence-corrected chi connectivity index (χ4v) is 3.71. The number of hydrogen-bond donors (Lipinski definition) is 1. The van der Waals surface area contributed by atoms with Gasteiger partial charge in [-0.05, 0) is 38.0 Å². The van der Waals surface area contributed by atoms with Gasteiger partial charge in [0.05, 0.1) is 12.0 Å². The van der Waals surface area contributed by atoms with Crippen LogP contribution < -0.4 is 5.32 Å². The number of nitrogens with one attached hydrogen (secondary N) is 1. The Morgan fingerprint density at radius 1 is 1.33 bits per heavy atom. The van der Waals surface area contributed by atoms with Crippen LogP contribution in [0.3, 0.4) is 0 Å². The Morgan fingerprint density at radius 3 is 2.57 bits per heavy atom. The first-order valence-electron chi connectivity index (χ1n) is 8.05. The fraction of sp³-hybridized carbons (Fsp3) is 0.765. The molecule has 0 aromatic carbocycles. The lowest BCUT2D eigenvalue weighted by atomic mass is 10.1. The molecule has 2 saturated carbocycles. The summed E-state index contributed by atoms with van der Waals surface area (Å²) in [4.78, 5) is 26.4. The minimum atomic E-state index is 0.00866. The van der Waals surface area contributed by atoms with E-state index in [1.54, 1.807) is 0 Å². The van der Waals surface area contributed by atoms with Crippen LogP contribution in [-0.4, -0.2) is 35.3 Å². The van der Waals surface area contributed by atoms with Gasteiger partial charge in [0.2, 0.25) is 11.8 Å².